The predicted octanol–water partition coefficient (Wildman–Crippen LogP) is 2.64. The van der Waals surface area contributed by atoms with Gasteiger partial charge < -0.3 is 4.74 Å². The van der Waals surface area contributed by atoms with Crippen LogP contribution in [0, 0.1) is 22.7 Å². The summed E-state index contributed by atoms with van der Waals surface area (Å²) in [4.78, 5) is 22.9. The Kier molecular flexibility index (Phi) is 6.96. The van der Waals surface area contributed by atoms with E-state index in [0.717, 1.165) is 0 Å². The van der Waals surface area contributed by atoms with Gasteiger partial charge in [0, 0.05) is 0 Å². The number of hydrogen-bond acceptors (Lipinski definition) is 4. The van der Waals surface area contributed by atoms with Gasteiger partial charge >= 0.3 is 5.97 Å². The maximum Gasteiger partial charge on any atom is 0.330 e. The van der Waals surface area contributed by atoms with E-state index in [1.165, 1.54) is 19.1 Å². The fraction of sp³-hybridized carbons (Fsp3) is 0.643. The average molecular weight is 251 g/mol. The average Bonchev–Trinajstić information content (AvgIpc) is 2.29. The minimum Gasteiger partial charge on any atom is -0.465 e. The Morgan fingerprint density at radius 3 is 2.44 bits per heavy atom. The maximum absolute atomic E-state index is 11.9. The number of nitriles is 1. The molecule has 0 bridgehead atoms. The number of nitrogens with zero attached hydrogens (tertiary/aromatic N) is 1. The van der Waals surface area contributed by atoms with Crippen LogP contribution < -0.4 is 0 Å². The number of carbonyl (C=O) groups excluding carboxylic acids is 2. The molecule has 0 aliphatic carbocycles. The van der Waals surface area contributed by atoms with E-state index in [9.17, 15) is 14.9 Å². The van der Waals surface area contributed by atoms with Gasteiger partial charge in [0.2, 0.25) is 0 Å². The molecule has 0 aromatic carbocycles. The first-order valence-electron chi connectivity index (χ1n) is 6.16. The molecule has 0 saturated carbocycles. The second-order valence-electron chi connectivity index (χ2n) is 4.68. The summed E-state index contributed by atoms with van der Waals surface area (Å²) in [6, 6.07) is 2.00. The van der Waals surface area contributed by atoms with Crippen LogP contribution in [-0.2, 0) is 14.3 Å². The lowest BCUT2D eigenvalue weighted by atomic mass is 9.82. The molecular weight excluding hydrogens is 230 g/mol. The first-order valence-corrected chi connectivity index (χ1v) is 6.16. The molecule has 0 aromatic heterocycles. The number of hydrogen-bond donors (Lipinski definition) is 0. The monoisotopic (exact) mass is 251 g/mol. The quantitative estimate of drug-likeness (QED) is 0.515. The van der Waals surface area contributed by atoms with E-state index in [1.807, 2.05) is 19.9 Å². The van der Waals surface area contributed by atoms with E-state index in [0.29, 0.717) is 18.8 Å². The topological polar surface area (TPSA) is 67.2 Å². The Morgan fingerprint density at radius 1 is 1.44 bits per heavy atom. The van der Waals surface area contributed by atoms with Gasteiger partial charge in [-0.05, 0) is 44.8 Å². The molecule has 0 amide bonds. The first-order chi connectivity index (χ1) is 8.38. The summed E-state index contributed by atoms with van der Waals surface area (Å²) in [6.07, 6.45) is 3.72. The van der Waals surface area contributed by atoms with E-state index in [4.69, 9.17) is 4.74 Å². The summed E-state index contributed by atoms with van der Waals surface area (Å²) in [7, 11) is 0. The van der Waals surface area contributed by atoms with Gasteiger partial charge in [-0.3, -0.25) is 4.79 Å². The van der Waals surface area contributed by atoms with Crippen molar-refractivity contribution in [1.82, 2.24) is 0 Å². The zero-order chi connectivity index (χ0) is 14.2. The highest BCUT2D eigenvalue weighted by molar-refractivity contribution is 5.90. The number of rotatable bonds is 7. The highest BCUT2D eigenvalue weighted by Gasteiger charge is 2.37. The highest BCUT2D eigenvalue weighted by Crippen LogP contribution is 2.29. The Balaban J connectivity index is 5.14. The van der Waals surface area contributed by atoms with E-state index >= 15 is 0 Å². The van der Waals surface area contributed by atoms with E-state index in [2.05, 4.69) is 0 Å². The zero-order valence-electron chi connectivity index (χ0n) is 11.5. The lowest BCUT2D eigenvalue weighted by Crippen LogP contribution is -2.30. The van der Waals surface area contributed by atoms with Crippen LogP contribution in [0.1, 0.15) is 40.5 Å². The predicted molar refractivity (Wildman–Crippen MR) is 68.6 cm³/mol. The lowest BCUT2D eigenvalue weighted by Gasteiger charge is -2.21. The molecule has 0 fully saturated rings. The van der Waals surface area contributed by atoms with Crippen molar-refractivity contribution in [3.63, 3.8) is 0 Å². The van der Waals surface area contributed by atoms with Gasteiger partial charge in [-0.2, -0.15) is 5.26 Å². The smallest absolute Gasteiger partial charge is 0.330 e. The largest absolute Gasteiger partial charge is 0.465 e. The van der Waals surface area contributed by atoms with Crippen molar-refractivity contribution in [3.8, 4) is 6.07 Å². The van der Waals surface area contributed by atoms with Crippen molar-refractivity contribution >= 4 is 11.8 Å². The summed E-state index contributed by atoms with van der Waals surface area (Å²) in [5.41, 5.74) is -1.34. The third-order valence-electron chi connectivity index (χ3n) is 2.56. The minimum absolute atomic E-state index is 0.191. The summed E-state index contributed by atoms with van der Waals surface area (Å²) >= 11 is 0. The molecule has 4 heteroatoms. The standard InChI is InChI=1S/C14H21NO3/c1-5-18-13(17)14(10-15,8-6-11(2)3)9-7-12(4)16/h7,9,11H,5-6,8H2,1-4H3/b9-7-. The zero-order valence-corrected chi connectivity index (χ0v) is 11.5. The Labute approximate surface area is 109 Å². The molecular formula is C14H21NO3. The van der Waals surface area contributed by atoms with Crippen molar-refractivity contribution in [1.29, 1.82) is 5.26 Å². The van der Waals surface area contributed by atoms with Gasteiger partial charge in [0.25, 0.3) is 0 Å². The molecule has 0 heterocycles. The van der Waals surface area contributed by atoms with Gasteiger partial charge in [0.05, 0.1) is 12.7 Å². The Bertz CT molecular complexity index is 366. The molecule has 0 N–H and O–H groups in total. The second-order valence-corrected chi connectivity index (χ2v) is 4.68. The molecule has 0 rings (SSSR count). The third-order valence-corrected chi connectivity index (χ3v) is 2.56. The van der Waals surface area contributed by atoms with Gasteiger partial charge in [0.1, 0.15) is 0 Å². The molecule has 100 valence electrons. The van der Waals surface area contributed by atoms with Crippen LogP contribution in [0.3, 0.4) is 0 Å². The molecule has 0 aliphatic heterocycles. The van der Waals surface area contributed by atoms with Crippen LogP contribution in [0.2, 0.25) is 0 Å². The normalized spacial score (nSPS) is 14.2. The Morgan fingerprint density at radius 2 is 2.06 bits per heavy atom. The Hall–Kier alpha value is -1.63. The SMILES string of the molecule is CCOC(=O)C(C#N)(/C=C\C(C)=O)CCC(C)C. The molecule has 1 unspecified atom stereocenters. The molecule has 4 nitrogen and oxygen atoms in total. The highest BCUT2D eigenvalue weighted by atomic mass is 16.5. The fourth-order valence-electron chi connectivity index (χ4n) is 1.43. The van der Waals surface area contributed by atoms with Crippen molar-refractivity contribution in [2.24, 2.45) is 11.3 Å². The molecule has 0 aliphatic rings. The fourth-order valence-corrected chi connectivity index (χ4v) is 1.43. The van der Waals surface area contributed by atoms with Crippen LogP contribution in [0.15, 0.2) is 12.2 Å². The summed E-state index contributed by atoms with van der Waals surface area (Å²) in [5, 5.41) is 9.29. The van der Waals surface area contributed by atoms with E-state index < -0.39 is 11.4 Å². The van der Waals surface area contributed by atoms with E-state index in [-0.39, 0.29) is 12.4 Å². The van der Waals surface area contributed by atoms with Gasteiger partial charge in [-0.25, -0.2) is 4.79 Å². The summed E-state index contributed by atoms with van der Waals surface area (Å²) in [6.45, 7) is 7.32. The summed E-state index contributed by atoms with van der Waals surface area (Å²) in [5.74, 6) is -0.396. The van der Waals surface area contributed by atoms with Crippen LogP contribution >= 0.6 is 0 Å². The number of ether oxygens (including phenoxy) is 1. The number of esters is 1. The molecule has 0 spiro atoms. The molecule has 0 radical (unpaired) electrons. The van der Waals surface area contributed by atoms with Crippen LogP contribution in [0.25, 0.3) is 0 Å². The molecule has 1 atom stereocenters. The molecule has 0 saturated heterocycles. The van der Waals surface area contributed by atoms with Crippen molar-refractivity contribution in [3.05, 3.63) is 12.2 Å². The molecule has 18 heavy (non-hydrogen) atoms. The lowest BCUT2D eigenvalue weighted by molar-refractivity contribution is -0.150. The van der Waals surface area contributed by atoms with Crippen molar-refractivity contribution < 1.29 is 14.3 Å². The maximum atomic E-state index is 11.9. The molecule has 0 aromatic rings. The number of allylic oxidation sites excluding steroid dienone is 1. The number of ketones is 1. The van der Waals surface area contributed by atoms with E-state index in [1.54, 1.807) is 6.92 Å². The third kappa shape index (κ3) is 5.13. The van der Waals surface area contributed by atoms with Crippen molar-refractivity contribution in [2.45, 2.75) is 40.5 Å². The van der Waals surface area contributed by atoms with Gasteiger partial charge in [0.15, 0.2) is 11.2 Å². The van der Waals surface area contributed by atoms with Crippen LogP contribution in [0.4, 0.5) is 0 Å². The van der Waals surface area contributed by atoms with Gasteiger partial charge in [-0.1, -0.05) is 13.8 Å². The minimum atomic E-state index is -1.34. The van der Waals surface area contributed by atoms with Crippen LogP contribution in [0.5, 0.6) is 0 Å². The first kappa shape index (κ1) is 16.4. The second kappa shape index (κ2) is 7.65. The van der Waals surface area contributed by atoms with Gasteiger partial charge in [-0.15, -0.1) is 0 Å². The number of carbonyl (C=O) groups is 2. The van der Waals surface area contributed by atoms with Crippen LogP contribution in [-0.4, -0.2) is 18.4 Å². The van der Waals surface area contributed by atoms with Crippen molar-refractivity contribution in [2.75, 3.05) is 6.61 Å². The summed E-state index contributed by atoms with van der Waals surface area (Å²) < 4.78 is 4.94.